The van der Waals surface area contributed by atoms with Crippen LogP contribution in [0.4, 0.5) is 5.69 Å². The summed E-state index contributed by atoms with van der Waals surface area (Å²) in [6, 6.07) is 19.5. The number of benzene rings is 2. The van der Waals surface area contributed by atoms with E-state index in [0.29, 0.717) is 5.75 Å². The van der Waals surface area contributed by atoms with E-state index in [1.165, 1.54) is 5.69 Å². The number of piperazine rings is 1. The highest BCUT2D eigenvalue weighted by atomic mass is 35.5. The monoisotopic (exact) mass is 379 g/mol. The molecule has 0 saturated carbocycles. The van der Waals surface area contributed by atoms with Crippen molar-refractivity contribution in [3.63, 3.8) is 0 Å². The van der Waals surface area contributed by atoms with E-state index in [4.69, 9.17) is 11.6 Å². The van der Waals surface area contributed by atoms with Crippen LogP contribution in [0, 0.1) is 0 Å². The van der Waals surface area contributed by atoms with Crippen molar-refractivity contribution in [2.45, 2.75) is 6.04 Å². The van der Waals surface area contributed by atoms with Crippen LogP contribution >= 0.6 is 11.6 Å². The number of aromatic nitrogens is 1. The summed E-state index contributed by atoms with van der Waals surface area (Å²) in [5, 5.41) is 11.2. The molecular weight excluding hydrogens is 358 g/mol. The molecule has 27 heavy (non-hydrogen) atoms. The van der Waals surface area contributed by atoms with Crippen LogP contribution in [0.3, 0.4) is 0 Å². The predicted molar refractivity (Wildman–Crippen MR) is 109 cm³/mol. The Morgan fingerprint density at radius 2 is 1.44 bits per heavy atom. The topological polar surface area (TPSA) is 39.6 Å². The predicted octanol–water partition coefficient (Wildman–Crippen LogP) is 4.35. The highest BCUT2D eigenvalue weighted by Crippen LogP contribution is 2.37. The summed E-state index contributed by atoms with van der Waals surface area (Å²) in [5.74, 6) is 0.305. The number of pyridine rings is 1. The Balaban J connectivity index is 1.63. The third kappa shape index (κ3) is 3.77. The van der Waals surface area contributed by atoms with Crippen molar-refractivity contribution in [2.75, 3.05) is 31.1 Å². The van der Waals surface area contributed by atoms with Gasteiger partial charge in [0, 0.05) is 54.8 Å². The van der Waals surface area contributed by atoms with Crippen molar-refractivity contribution < 1.29 is 5.11 Å². The molecule has 0 bridgehead atoms. The van der Waals surface area contributed by atoms with E-state index >= 15 is 0 Å². The Morgan fingerprint density at radius 1 is 0.815 bits per heavy atom. The van der Waals surface area contributed by atoms with Gasteiger partial charge in [0.05, 0.1) is 6.04 Å². The first-order valence-corrected chi connectivity index (χ1v) is 9.53. The first kappa shape index (κ1) is 17.8. The lowest BCUT2D eigenvalue weighted by atomic mass is 9.95. The minimum absolute atomic E-state index is 0.0699. The third-order valence-electron chi connectivity index (χ3n) is 5.14. The average Bonchev–Trinajstić information content (AvgIpc) is 2.72. The second-order valence-electron chi connectivity index (χ2n) is 6.71. The van der Waals surface area contributed by atoms with Crippen LogP contribution in [0.15, 0.2) is 73.1 Å². The van der Waals surface area contributed by atoms with E-state index in [2.05, 4.69) is 20.9 Å². The van der Waals surface area contributed by atoms with E-state index in [0.717, 1.165) is 42.3 Å². The molecule has 2 heterocycles. The molecule has 1 N–H and O–H groups in total. The molecule has 0 spiro atoms. The van der Waals surface area contributed by atoms with Gasteiger partial charge in [-0.2, -0.15) is 0 Å². The highest BCUT2D eigenvalue weighted by Gasteiger charge is 2.29. The molecule has 1 atom stereocenters. The second-order valence-corrected chi connectivity index (χ2v) is 7.12. The highest BCUT2D eigenvalue weighted by molar-refractivity contribution is 6.31. The minimum Gasteiger partial charge on any atom is -0.508 e. The summed E-state index contributed by atoms with van der Waals surface area (Å²) in [4.78, 5) is 8.87. The van der Waals surface area contributed by atoms with Crippen LogP contribution in [0.25, 0.3) is 0 Å². The molecule has 0 aliphatic carbocycles. The number of para-hydroxylation sites is 1. The fourth-order valence-electron chi connectivity index (χ4n) is 3.77. The molecule has 0 radical (unpaired) electrons. The Kier molecular flexibility index (Phi) is 5.28. The van der Waals surface area contributed by atoms with E-state index in [1.807, 2.05) is 60.9 Å². The van der Waals surface area contributed by atoms with Crippen LogP contribution in [0.2, 0.25) is 5.02 Å². The van der Waals surface area contributed by atoms with Crippen molar-refractivity contribution in [1.82, 2.24) is 9.88 Å². The van der Waals surface area contributed by atoms with E-state index in [9.17, 15) is 5.11 Å². The number of nitrogens with zero attached hydrogens (tertiary/aromatic N) is 3. The largest absolute Gasteiger partial charge is 0.508 e. The molecular formula is C22H22ClN3O. The van der Waals surface area contributed by atoms with E-state index in [1.54, 1.807) is 6.07 Å². The number of hydrogen-bond acceptors (Lipinski definition) is 4. The summed E-state index contributed by atoms with van der Waals surface area (Å²) in [6.45, 7) is 3.59. The molecule has 3 aromatic rings. The third-order valence-corrected chi connectivity index (χ3v) is 5.48. The zero-order valence-electron chi connectivity index (χ0n) is 15.0. The molecule has 4 nitrogen and oxygen atoms in total. The molecule has 5 heteroatoms. The number of anilines is 1. The normalized spacial score (nSPS) is 16.3. The molecule has 1 aliphatic heterocycles. The summed E-state index contributed by atoms with van der Waals surface area (Å²) < 4.78 is 0. The first-order chi connectivity index (χ1) is 13.2. The van der Waals surface area contributed by atoms with Gasteiger partial charge in [0.1, 0.15) is 5.75 Å². The molecule has 2 aromatic carbocycles. The van der Waals surface area contributed by atoms with E-state index in [-0.39, 0.29) is 6.04 Å². The van der Waals surface area contributed by atoms with Crippen molar-refractivity contribution in [2.24, 2.45) is 0 Å². The number of rotatable bonds is 4. The summed E-state index contributed by atoms with van der Waals surface area (Å²) in [5.41, 5.74) is 3.11. The molecule has 1 unspecified atom stereocenters. The molecule has 1 aromatic heterocycles. The van der Waals surface area contributed by atoms with Crippen molar-refractivity contribution in [3.05, 3.63) is 89.2 Å². The van der Waals surface area contributed by atoms with E-state index < -0.39 is 0 Å². The van der Waals surface area contributed by atoms with Crippen molar-refractivity contribution >= 4 is 17.3 Å². The van der Waals surface area contributed by atoms with Gasteiger partial charge in [0.25, 0.3) is 0 Å². The minimum atomic E-state index is -0.0699. The quantitative estimate of drug-likeness (QED) is 0.731. The summed E-state index contributed by atoms with van der Waals surface area (Å²) >= 11 is 6.54. The van der Waals surface area contributed by atoms with Gasteiger partial charge in [-0.15, -0.1) is 0 Å². The summed E-state index contributed by atoms with van der Waals surface area (Å²) in [6.07, 6.45) is 3.66. The zero-order chi connectivity index (χ0) is 18.6. The number of phenolic OH excluding ortho intramolecular Hbond substituents is 1. The number of hydrogen-bond donors (Lipinski definition) is 1. The molecule has 1 fully saturated rings. The lowest BCUT2D eigenvalue weighted by Crippen LogP contribution is -2.48. The number of halogens is 1. The Morgan fingerprint density at radius 3 is 2.11 bits per heavy atom. The van der Waals surface area contributed by atoms with Gasteiger partial charge in [-0.25, -0.2) is 0 Å². The average molecular weight is 380 g/mol. The van der Waals surface area contributed by atoms with Crippen LogP contribution in [0.5, 0.6) is 5.75 Å². The van der Waals surface area contributed by atoms with Gasteiger partial charge in [0.2, 0.25) is 0 Å². The summed E-state index contributed by atoms with van der Waals surface area (Å²) in [7, 11) is 0. The Labute approximate surface area is 164 Å². The standard InChI is InChI=1S/C22H22ClN3O/c23-20-7-3-1-5-18(20)22(19-6-2-4-8-21(19)27)26-15-13-25(14-16-26)17-9-11-24-12-10-17/h1-12,22,27H,13-16H2. The number of aromatic hydroxyl groups is 1. The molecule has 4 rings (SSSR count). The molecule has 0 amide bonds. The maximum atomic E-state index is 10.5. The molecule has 1 saturated heterocycles. The molecule has 138 valence electrons. The Bertz CT molecular complexity index is 849. The van der Waals surface area contributed by atoms with Crippen molar-refractivity contribution in [3.8, 4) is 5.75 Å². The fraction of sp³-hybridized carbons (Fsp3) is 0.227. The maximum Gasteiger partial charge on any atom is 0.120 e. The fourth-order valence-corrected chi connectivity index (χ4v) is 4.01. The van der Waals surface area contributed by atoms with Gasteiger partial charge < -0.3 is 10.0 Å². The Hall–Kier alpha value is -2.56. The zero-order valence-corrected chi connectivity index (χ0v) is 15.8. The van der Waals surface area contributed by atoms with Crippen LogP contribution in [-0.2, 0) is 0 Å². The smallest absolute Gasteiger partial charge is 0.120 e. The van der Waals surface area contributed by atoms with Crippen LogP contribution < -0.4 is 4.90 Å². The van der Waals surface area contributed by atoms with Crippen LogP contribution in [-0.4, -0.2) is 41.2 Å². The van der Waals surface area contributed by atoms with Gasteiger partial charge >= 0.3 is 0 Å². The lowest BCUT2D eigenvalue weighted by molar-refractivity contribution is 0.209. The van der Waals surface area contributed by atoms with Gasteiger partial charge in [-0.3, -0.25) is 9.88 Å². The van der Waals surface area contributed by atoms with Gasteiger partial charge in [0.15, 0.2) is 0 Å². The maximum absolute atomic E-state index is 10.5. The van der Waals surface area contributed by atoms with Crippen molar-refractivity contribution in [1.29, 1.82) is 0 Å². The number of phenols is 1. The first-order valence-electron chi connectivity index (χ1n) is 9.15. The van der Waals surface area contributed by atoms with Gasteiger partial charge in [-0.1, -0.05) is 48.0 Å². The van der Waals surface area contributed by atoms with Crippen LogP contribution in [0.1, 0.15) is 17.2 Å². The second kappa shape index (κ2) is 7.99. The molecule has 1 aliphatic rings. The SMILES string of the molecule is Oc1ccccc1C(c1ccccc1Cl)N1CCN(c2ccncc2)CC1. The lowest BCUT2D eigenvalue weighted by Gasteiger charge is -2.41. The van der Waals surface area contributed by atoms with Gasteiger partial charge in [-0.05, 0) is 29.8 Å².